The fourth-order valence-corrected chi connectivity index (χ4v) is 1.47. The van der Waals surface area contributed by atoms with Crippen LogP contribution in [0.4, 0.5) is 4.39 Å². The molecule has 104 valence electrons. The van der Waals surface area contributed by atoms with Crippen LogP contribution in [0.15, 0.2) is 18.2 Å². The molecule has 0 saturated heterocycles. The SMILES string of the molecule is CN(Cc1cc(C(N)=O)ccc1F)C(C)(C)C(=O)O. The van der Waals surface area contributed by atoms with Crippen molar-refractivity contribution in [2.24, 2.45) is 5.73 Å². The summed E-state index contributed by atoms with van der Waals surface area (Å²) < 4.78 is 13.7. The minimum atomic E-state index is -1.14. The Bertz CT molecular complexity index is 515. The van der Waals surface area contributed by atoms with Crippen LogP contribution >= 0.6 is 0 Å². The molecule has 0 aliphatic heterocycles. The Hall–Kier alpha value is -1.95. The number of hydrogen-bond acceptors (Lipinski definition) is 3. The lowest BCUT2D eigenvalue weighted by Gasteiger charge is -2.31. The molecule has 0 bridgehead atoms. The molecule has 1 rings (SSSR count). The molecule has 5 nitrogen and oxygen atoms in total. The molecule has 1 aromatic rings. The number of carbonyl (C=O) groups is 2. The predicted molar refractivity (Wildman–Crippen MR) is 68.1 cm³/mol. The summed E-state index contributed by atoms with van der Waals surface area (Å²) in [5, 5.41) is 9.09. The molecule has 0 unspecified atom stereocenters. The molecule has 0 aliphatic carbocycles. The van der Waals surface area contributed by atoms with Crippen LogP contribution in [0.1, 0.15) is 29.8 Å². The van der Waals surface area contributed by atoms with Gasteiger partial charge in [0.1, 0.15) is 11.4 Å². The Morgan fingerprint density at radius 2 is 2.00 bits per heavy atom. The summed E-state index contributed by atoms with van der Waals surface area (Å²) in [6.07, 6.45) is 0. The van der Waals surface area contributed by atoms with Crippen LogP contribution in [0, 0.1) is 5.82 Å². The molecule has 0 atom stereocenters. The van der Waals surface area contributed by atoms with Gasteiger partial charge in [-0.2, -0.15) is 0 Å². The van der Waals surface area contributed by atoms with Crippen LogP contribution in [0.3, 0.4) is 0 Å². The van der Waals surface area contributed by atoms with Crippen molar-refractivity contribution in [3.05, 3.63) is 35.1 Å². The van der Waals surface area contributed by atoms with E-state index in [4.69, 9.17) is 10.8 Å². The first-order valence-electron chi connectivity index (χ1n) is 5.69. The fraction of sp³-hybridized carbons (Fsp3) is 0.385. The van der Waals surface area contributed by atoms with E-state index in [1.54, 1.807) is 7.05 Å². The molecule has 3 N–H and O–H groups in total. The maximum atomic E-state index is 13.7. The van der Waals surface area contributed by atoms with Crippen molar-refractivity contribution in [2.75, 3.05) is 7.05 Å². The third-order valence-electron chi connectivity index (χ3n) is 3.22. The average molecular weight is 268 g/mol. The monoisotopic (exact) mass is 268 g/mol. The second-order valence-electron chi connectivity index (χ2n) is 4.89. The van der Waals surface area contributed by atoms with Gasteiger partial charge in [0.15, 0.2) is 0 Å². The molecule has 0 fully saturated rings. The van der Waals surface area contributed by atoms with Crippen molar-refractivity contribution in [2.45, 2.75) is 25.9 Å². The van der Waals surface area contributed by atoms with Gasteiger partial charge in [-0.1, -0.05) is 0 Å². The van der Waals surface area contributed by atoms with Gasteiger partial charge in [0.05, 0.1) is 0 Å². The molecular weight excluding hydrogens is 251 g/mol. The Kier molecular flexibility index (Phi) is 4.26. The van der Waals surface area contributed by atoms with Crippen LogP contribution < -0.4 is 5.73 Å². The topological polar surface area (TPSA) is 83.6 Å². The molecule has 19 heavy (non-hydrogen) atoms. The minimum Gasteiger partial charge on any atom is -0.480 e. The number of rotatable bonds is 5. The lowest BCUT2D eigenvalue weighted by atomic mass is 10.0. The lowest BCUT2D eigenvalue weighted by Crippen LogP contribution is -2.47. The number of carboxylic acids is 1. The maximum Gasteiger partial charge on any atom is 0.323 e. The number of primary amides is 1. The second-order valence-corrected chi connectivity index (χ2v) is 4.89. The fourth-order valence-electron chi connectivity index (χ4n) is 1.47. The van der Waals surface area contributed by atoms with E-state index < -0.39 is 23.2 Å². The number of halogens is 1. The van der Waals surface area contributed by atoms with Gasteiger partial charge < -0.3 is 10.8 Å². The van der Waals surface area contributed by atoms with E-state index in [1.807, 2.05) is 0 Å². The highest BCUT2D eigenvalue weighted by atomic mass is 19.1. The zero-order chi connectivity index (χ0) is 14.8. The number of hydrogen-bond donors (Lipinski definition) is 2. The third-order valence-corrected chi connectivity index (χ3v) is 3.22. The average Bonchev–Trinajstić information content (AvgIpc) is 2.31. The van der Waals surface area contributed by atoms with Crippen LogP contribution in [0.25, 0.3) is 0 Å². The Labute approximate surface area is 110 Å². The van der Waals surface area contributed by atoms with Gasteiger partial charge in [0, 0.05) is 17.7 Å². The number of amides is 1. The molecule has 0 radical (unpaired) electrons. The van der Waals surface area contributed by atoms with Crippen molar-refractivity contribution < 1.29 is 19.1 Å². The number of nitrogens with two attached hydrogens (primary N) is 1. The van der Waals surface area contributed by atoms with Crippen molar-refractivity contribution in [1.82, 2.24) is 4.90 Å². The van der Waals surface area contributed by atoms with E-state index in [0.29, 0.717) is 0 Å². The quantitative estimate of drug-likeness (QED) is 0.841. The highest BCUT2D eigenvalue weighted by molar-refractivity contribution is 5.92. The normalized spacial score (nSPS) is 11.6. The number of aliphatic carboxylic acids is 1. The molecule has 1 aromatic carbocycles. The van der Waals surface area contributed by atoms with E-state index in [0.717, 1.165) is 6.07 Å². The summed E-state index contributed by atoms with van der Waals surface area (Å²) in [5.74, 6) is -2.17. The summed E-state index contributed by atoms with van der Waals surface area (Å²) in [6, 6.07) is 3.78. The van der Waals surface area contributed by atoms with Crippen LogP contribution in [-0.4, -0.2) is 34.5 Å². The van der Waals surface area contributed by atoms with Crippen molar-refractivity contribution in [1.29, 1.82) is 0 Å². The largest absolute Gasteiger partial charge is 0.480 e. The number of benzene rings is 1. The molecule has 0 aromatic heterocycles. The van der Waals surface area contributed by atoms with Crippen LogP contribution in [0.5, 0.6) is 0 Å². The standard InChI is InChI=1S/C13H17FN2O3/c1-13(2,12(18)19)16(3)7-9-6-8(11(15)17)4-5-10(9)14/h4-6H,7H2,1-3H3,(H2,15,17)(H,18,19). The third kappa shape index (κ3) is 3.29. The zero-order valence-corrected chi connectivity index (χ0v) is 11.1. The summed E-state index contributed by atoms with van der Waals surface area (Å²) in [4.78, 5) is 23.6. The maximum absolute atomic E-state index is 13.7. The minimum absolute atomic E-state index is 0.0618. The van der Waals surface area contributed by atoms with Gasteiger partial charge in [-0.15, -0.1) is 0 Å². The van der Waals surface area contributed by atoms with Crippen molar-refractivity contribution in [3.63, 3.8) is 0 Å². The van der Waals surface area contributed by atoms with Gasteiger partial charge in [-0.25, -0.2) is 4.39 Å². The first-order valence-corrected chi connectivity index (χ1v) is 5.69. The molecule has 0 spiro atoms. The Balaban J connectivity index is 3.02. The van der Waals surface area contributed by atoms with E-state index in [2.05, 4.69) is 0 Å². The number of nitrogens with zero attached hydrogens (tertiary/aromatic N) is 1. The van der Waals surface area contributed by atoms with Crippen LogP contribution in [0.2, 0.25) is 0 Å². The van der Waals surface area contributed by atoms with Crippen molar-refractivity contribution in [3.8, 4) is 0 Å². The van der Waals surface area contributed by atoms with Crippen LogP contribution in [-0.2, 0) is 11.3 Å². The molecule has 0 aliphatic rings. The van der Waals surface area contributed by atoms with Gasteiger partial charge in [-0.05, 0) is 39.1 Å². The highest BCUT2D eigenvalue weighted by Crippen LogP contribution is 2.19. The second kappa shape index (κ2) is 5.36. The summed E-state index contributed by atoms with van der Waals surface area (Å²) in [5.41, 5.74) is 4.41. The molecule has 0 heterocycles. The molecule has 0 saturated carbocycles. The van der Waals surface area contributed by atoms with Gasteiger partial charge >= 0.3 is 5.97 Å². The lowest BCUT2D eigenvalue weighted by molar-refractivity contribution is -0.148. The van der Waals surface area contributed by atoms with Gasteiger partial charge in [0.2, 0.25) is 5.91 Å². The zero-order valence-electron chi connectivity index (χ0n) is 11.1. The number of carboxylic acid groups (broad SMARTS) is 1. The first-order chi connectivity index (χ1) is 8.66. The first kappa shape index (κ1) is 15.1. The summed E-state index contributed by atoms with van der Waals surface area (Å²) >= 11 is 0. The van der Waals surface area contributed by atoms with E-state index in [1.165, 1.54) is 30.9 Å². The summed E-state index contributed by atoms with van der Waals surface area (Å²) in [7, 11) is 1.57. The van der Waals surface area contributed by atoms with E-state index >= 15 is 0 Å². The predicted octanol–water partition coefficient (Wildman–Crippen LogP) is 1.22. The number of likely N-dealkylation sites (N-methyl/N-ethyl adjacent to an activating group) is 1. The molecule has 6 heteroatoms. The Morgan fingerprint density at radius 1 is 1.42 bits per heavy atom. The Morgan fingerprint density at radius 3 is 2.47 bits per heavy atom. The number of carbonyl (C=O) groups excluding carboxylic acids is 1. The van der Waals surface area contributed by atoms with Crippen molar-refractivity contribution >= 4 is 11.9 Å². The molecular formula is C13H17FN2O3. The van der Waals surface area contributed by atoms with E-state index in [9.17, 15) is 14.0 Å². The smallest absolute Gasteiger partial charge is 0.323 e. The highest BCUT2D eigenvalue weighted by Gasteiger charge is 2.32. The van der Waals surface area contributed by atoms with Gasteiger partial charge in [0.25, 0.3) is 0 Å². The summed E-state index contributed by atoms with van der Waals surface area (Å²) in [6.45, 7) is 3.10. The van der Waals surface area contributed by atoms with Gasteiger partial charge in [-0.3, -0.25) is 14.5 Å². The van der Waals surface area contributed by atoms with E-state index in [-0.39, 0.29) is 17.7 Å². The molecule has 1 amide bonds.